The molecule has 2 atom stereocenters. The number of hydrogen-bond donors (Lipinski definition) is 2. The molecule has 0 aliphatic carbocycles. The quantitative estimate of drug-likeness (QED) is 0.850. The van der Waals surface area contributed by atoms with E-state index in [1.807, 2.05) is 32.0 Å². The Kier molecular flexibility index (Phi) is 5.22. The molecule has 0 saturated carbocycles. The van der Waals surface area contributed by atoms with Gasteiger partial charge < -0.3 is 14.8 Å². The maximum atomic E-state index is 12.2. The average molecular weight is 361 g/mol. The molecule has 25 heavy (non-hydrogen) atoms. The van der Waals surface area contributed by atoms with Crippen LogP contribution in [0.2, 0.25) is 0 Å². The minimum absolute atomic E-state index is 0.0168. The fourth-order valence-electron chi connectivity index (χ4n) is 2.83. The number of ether oxygens (including phenoxy) is 2. The van der Waals surface area contributed by atoms with Gasteiger partial charge in [0, 0.05) is 11.3 Å². The predicted octanol–water partition coefficient (Wildman–Crippen LogP) is 3.68. The number of carbonyl (C=O) groups is 1. The van der Waals surface area contributed by atoms with Crippen LogP contribution < -0.4 is 14.8 Å². The molecule has 2 aromatic rings. The van der Waals surface area contributed by atoms with E-state index < -0.39 is 0 Å². The van der Waals surface area contributed by atoms with Gasteiger partial charge in [-0.1, -0.05) is 13.0 Å². The summed E-state index contributed by atoms with van der Waals surface area (Å²) in [5.74, 6) is 2.01. The van der Waals surface area contributed by atoms with Gasteiger partial charge in [-0.15, -0.1) is 11.8 Å². The lowest BCUT2D eigenvalue weighted by atomic mass is 10.0. The molecule has 0 radical (unpaired) electrons. The lowest BCUT2D eigenvalue weighted by molar-refractivity contribution is -0.115. The zero-order chi connectivity index (χ0) is 18.0. The molecule has 0 fully saturated rings. The number of H-pyrrole nitrogens is 1. The zero-order valence-corrected chi connectivity index (χ0v) is 15.7. The largest absolute Gasteiger partial charge is 0.493 e. The van der Waals surface area contributed by atoms with E-state index in [-0.39, 0.29) is 16.4 Å². The Balaban J connectivity index is 2.02. The summed E-state index contributed by atoms with van der Waals surface area (Å²) >= 11 is 1.60. The lowest BCUT2D eigenvalue weighted by Gasteiger charge is -2.19. The molecule has 134 valence electrons. The molecule has 0 unspecified atom stereocenters. The number of aromatic nitrogens is 2. The van der Waals surface area contributed by atoms with Crippen LogP contribution in [0.3, 0.4) is 0 Å². The first-order valence-corrected chi connectivity index (χ1v) is 9.31. The molecule has 1 aromatic carbocycles. The third-order valence-corrected chi connectivity index (χ3v) is 5.56. The number of methoxy groups -OCH3 is 1. The molecule has 7 heteroatoms. The molecule has 1 aliphatic heterocycles. The number of nitrogens with one attached hydrogen (secondary N) is 2. The van der Waals surface area contributed by atoms with Gasteiger partial charge in [0.05, 0.1) is 24.2 Å². The van der Waals surface area contributed by atoms with Gasteiger partial charge in [0.15, 0.2) is 17.3 Å². The number of hydrogen-bond acceptors (Lipinski definition) is 5. The summed E-state index contributed by atoms with van der Waals surface area (Å²) in [6.45, 7) is 6.59. The maximum Gasteiger partial charge on any atom is 0.238 e. The Morgan fingerprint density at radius 3 is 2.84 bits per heavy atom. The molecule has 2 heterocycles. The summed E-state index contributed by atoms with van der Waals surface area (Å²) in [5, 5.41) is 9.93. The van der Waals surface area contributed by atoms with Crippen LogP contribution in [0.25, 0.3) is 0 Å². The van der Waals surface area contributed by atoms with Gasteiger partial charge in [-0.05, 0) is 38.0 Å². The van der Waals surface area contributed by atoms with Crippen molar-refractivity contribution < 1.29 is 14.3 Å². The fraction of sp³-hybridized carbons (Fsp3) is 0.444. The van der Waals surface area contributed by atoms with Crippen molar-refractivity contribution in [3.05, 3.63) is 35.0 Å². The molecule has 1 aliphatic rings. The Bertz CT molecular complexity index is 775. The monoisotopic (exact) mass is 361 g/mol. The predicted molar refractivity (Wildman–Crippen MR) is 99.6 cm³/mol. The lowest BCUT2D eigenvalue weighted by Crippen LogP contribution is -2.21. The second-order valence-corrected chi connectivity index (χ2v) is 7.47. The number of fused-ring (bicyclic) bond motifs is 1. The van der Waals surface area contributed by atoms with Crippen LogP contribution in [0, 0.1) is 6.92 Å². The van der Waals surface area contributed by atoms with E-state index in [9.17, 15) is 4.79 Å². The summed E-state index contributed by atoms with van der Waals surface area (Å²) in [6.07, 6.45) is 0.937. The number of aromatic amines is 1. The summed E-state index contributed by atoms with van der Waals surface area (Å²) < 4.78 is 11.3. The fourth-order valence-corrected chi connectivity index (χ4v) is 4.15. The highest BCUT2D eigenvalue weighted by Gasteiger charge is 2.32. The van der Waals surface area contributed by atoms with Gasteiger partial charge >= 0.3 is 0 Å². The van der Waals surface area contributed by atoms with Crippen LogP contribution in [-0.4, -0.2) is 35.1 Å². The van der Waals surface area contributed by atoms with E-state index in [1.54, 1.807) is 18.9 Å². The van der Waals surface area contributed by atoms with E-state index in [2.05, 4.69) is 22.4 Å². The highest BCUT2D eigenvalue weighted by atomic mass is 32.2. The Morgan fingerprint density at radius 2 is 2.12 bits per heavy atom. The smallest absolute Gasteiger partial charge is 0.238 e. The SMILES string of the molecule is CCCOc1ccc([C@@H]2S[C@H](C)C(=O)Nc3n[nH]c(C)c32)cc1OC. The Morgan fingerprint density at radius 1 is 1.32 bits per heavy atom. The first kappa shape index (κ1) is 17.7. The molecular formula is C18H23N3O3S. The molecule has 1 amide bonds. The molecule has 0 bridgehead atoms. The number of aryl methyl sites for hydroxylation is 1. The first-order chi connectivity index (χ1) is 12.0. The highest BCUT2D eigenvalue weighted by Crippen LogP contribution is 2.46. The molecule has 2 N–H and O–H groups in total. The van der Waals surface area contributed by atoms with Crippen LogP contribution in [0.4, 0.5) is 5.82 Å². The molecule has 6 nitrogen and oxygen atoms in total. The Hall–Kier alpha value is -2.15. The van der Waals surface area contributed by atoms with Crippen LogP contribution in [0.5, 0.6) is 11.5 Å². The summed E-state index contributed by atoms with van der Waals surface area (Å²) in [4.78, 5) is 12.2. The molecule has 3 rings (SSSR count). The number of carbonyl (C=O) groups excluding carboxylic acids is 1. The summed E-state index contributed by atoms with van der Waals surface area (Å²) in [7, 11) is 1.64. The topological polar surface area (TPSA) is 76.2 Å². The Labute approximate surface area is 151 Å². The van der Waals surface area contributed by atoms with Crippen LogP contribution in [0.15, 0.2) is 18.2 Å². The van der Waals surface area contributed by atoms with Gasteiger partial charge in [-0.2, -0.15) is 5.10 Å². The van der Waals surface area contributed by atoms with E-state index in [0.717, 1.165) is 29.0 Å². The molecule has 0 spiro atoms. The second kappa shape index (κ2) is 7.39. The van der Waals surface area contributed by atoms with Crippen molar-refractivity contribution in [1.29, 1.82) is 0 Å². The molecule has 0 saturated heterocycles. The number of rotatable bonds is 5. The minimum atomic E-state index is -0.180. The van der Waals surface area contributed by atoms with Crippen molar-refractivity contribution in [1.82, 2.24) is 10.2 Å². The zero-order valence-electron chi connectivity index (χ0n) is 14.9. The van der Waals surface area contributed by atoms with E-state index >= 15 is 0 Å². The normalized spacial score (nSPS) is 19.8. The minimum Gasteiger partial charge on any atom is -0.493 e. The van der Waals surface area contributed by atoms with Crippen molar-refractivity contribution in [3.8, 4) is 11.5 Å². The van der Waals surface area contributed by atoms with Crippen molar-refractivity contribution in [2.75, 3.05) is 19.0 Å². The van der Waals surface area contributed by atoms with Gasteiger partial charge in [0.25, 0.3) is 0 Å². The maximum absolute atomic E-state index is 12.2. The van der Waals surface area contributed by atoms with Gasteiger partial charge in [-0.25, -0.2) is 0 Å². The van der Waals surface area contributed by atoms with Gasteiger partial charge in [0.1, 0.15) is 0 Å². The van der Waals surface area contributed by atoms with E-state index in [4.69, 9.17) is 9.47 Å². The van der Waals surface area contributed by atoms with Crippen molar-refractivity contribution in [3.63, 3.8) is 0 Å². The molecular weight excluding hydrogens is 338 g/mol. The number of thioether (sulfide) groups is 1. The van der Waals surface area contributed by atoms with E-state index in [1.165, 1.54) is 0 Å². The van der Waals surface area contributed by atoms with Gasteiger partial charge in [0.2, 0.25) is 5.91 Å². The standard InChI is InChI=1S/C18H23N3O3S/c1-5-8-24-13-7-6-12(9-14(13)23-4)16-15-10(2)20-21-17(15)19-18(22)11(3)25-16/h6-7,9,11,16H,5,8H2,1-4H3,(H2,19,20,21,22)/t11-,16+/m1/s1. The van der Waals surface area contributed by atoms with Crippen molar-refractivity contribution in [2.45, 2.75) is 37.7 Å². The van der Waals surface area contributed by atoms with Crippen molar-refractivity contribution in [2.24, 2.45) is 0 Å². The van der Waals surface area contributed by atoms with Gasteiger partial charge in [-0.3, -0.25) is 9.89 Å². The number of anilines is 1. The van der Waals surface area contributed by atoms with Crippen molar-refractivity contribution >= 4 is 23.5 Å². The number of amides is 1. The number of nitrogens with zero attached hydrogens (tertiary/aromatic N) is 1. The third kappa shape index (κ3) is 3.46. The first-order valence-electron chi connectivity index (χ1n) is 8.37. The van der Waals surface area contributed by atoms with Crippen LogP contribution >= 0.6 is 11.8 Å². The summed E-state index contributed by atoms with van der Waals surface area (Å²) in [5.41, 5.74) is 3.01. The van der Waals surface area contributed by atoms with Crippen LogP contribution in [-0.2, 0) is 4.79 Å². The second-order valence-electron chi connectivity index (χ2n) is 6.02. The summed E-state index contributed by atoms with van der Waals surface area (Å²) in [6, 6.07) is 5.95. The van der Waals surface area contributed by atoms with Crippen LogP contribution in [0.1, 0.15) is 42.3 Å². The molecule has 1 aromatic heterocycles. The van der Waals surface area contributed by atoms with E-state index in [0.29, 0.717) is 18.2 Å². The third-order valence-electron chi connectivity index (χ3n) is 4.16. The number of benzene rings is 1. The average Bonchev–Trinajstić information content (AvgIpc) is 2.91. The highest BCUT2D eigenvalue weighted by molar-refractivity contribution is 8.01.